The van der Waals surface area contributed by atoms with Gasteiger partial charge in [0.05, 0.1) is 11.8 Å². The Labute approximate surface area is 196 Å². The second-order valence-electron chi connectivity index (χ2n) is 10.2. The predicted molar refractivity (Wildman–Crippen MR) is 130 cm³/mol. The van der Waals surface area contributed by atoms with Crippen LogP contribution in [0.3, 0.4) is 0 Å². The van der Waals surface area contributed by atoms with E-state index in [0.29, 0.717) is 22.9 Å². The first-order valence-corrected chi connectivity index (χ1v) is 12.1. The van der Waals surface area contributed by atoms with Crippen molar-refractivity contribution >= 4 is 37.7 Å². The van der Waals surface area contributed by atoms with Crippen molar-refractivity contribution in [1.29, 1.82) is 5.26 Å². The third-order valence-electron chi connectivity index (χ3n) is 7.30. The number of fused-ring (bicyclic) bond motifs is 4. The van der Waals surface area contributed by atoms with Crippen LogP contribution in [0.1, 0.15) is 45.1 Å². The van der Waals surface area contributed by atoms with E-state index in [0.717, 1.165) is 39.3 Å². The van der Waals surface area contributed by atoms with E-state index in [4.69, 9.17) is 9.97 Å². The monoisotopic (exact) mass is 458 g/mol. The molecule has 33 heavy (non-hydrogen) atoms. The van der Waals surface area contributed by atoms with Crippen molar-refractivity contribution in [3.05, 3.63) is 30.1 Å². The van der Waals surface area contributed by atoms with Crippen LogP contribution in [0.5, 0.6) is 0 Å². The quantitative estimate of drug-likeness (QED) is 0.495. The van der Waals surface area contributed by atoms with Crippen molar-refractivity contribution < 1.29 is 0 Å². The van der Waals surface area contributed by atoms with Gasteiger partial charge in [0.2, 0.25) is 0 Å². The molecule has 168 valence electrons. The number of aryl methyl sites for hydroxylation is 1. The van der Waals surface area contributed by atoms with E-state index in [1.54, 1.807) is 22.2 Å². The molecule has 2 bridgehead atoms. The summed E-state index contributed by atoms with van der Waals surface area (Å²) in [5.74, 6) is 0.600. The number of hydrogen-bond acceptors (Lipinski definition) is 8. The zero-order valence-corrected chi connectivity index (χ0v) is 20.1. The van der Waals surface area contributed by atoms with Crippen LogP contribution in [0.25, 0.3) is 32.6 Å². The number of thiazole rings is 1. The van der Waals surface area contributed by atoms with Gasteiger partial charge in [0, 0.05) is 48.4 Å². The number of piperidine rings is 1. The van der Waals surface area contributed by atoms with Crippen LogP contribution < -0.4 is 10.2 Å². The molecule has 9 heteroatoms. The van der Waals surface area contributed by atoms with Crippen LogP contribution in [0.15, 0.2) is 24.5 Å². The number of benzene rings is 1. The Bertz CT molecular complexity index is 1430. The minimum atomic E-state index is 0.207. The molecule has 0 saturated carbocycles. The molecular weight excluding hydrogens is 432 g/mol. The minimum absolute atomic E-state index is 0.207. The molecule has 0 amide bonds. The lowest BCUT2D eigenvalue weighted by atomic mass is 9.84. The van der Waals surface area contributed by atoms with Gasteiger partial charge >= 0.3 is 0 Å². The lowest BCUT2D eigenvalue weighted by molar-refractivity contribution is 0.208. The molecule has 2 aliphatic heterocycles. The molecule has 2 saturated heterocycles. The Morgan fingerprint density at radius 1 is 1.21 bits per heavy atom. The first-order valence-electron chi connectivity index (χ1n) is 11.3. The maximum atomic E-state index is 9.60. The number of nitriles is 1. The van der Waals surface area contributed by atoms with Crippen molar-refractivity contribution in [2.45, 2.75) is 56.7 Å². The maximum Gasteiger partial charge on any atom is 0.187 e. The largest absolute Gasteiger partial charge is 0.348 e. The highest BCUT2D eigenvalue weighted by molar-refractivity contribution is 7.21. The number of hydrogen-bond donors (Lipinski definition) is 1. The van der Waals surface area contributed by atoms with Gasteiger partial charge in [0.25, 0.3) is 0 Å². The molecule has 2 fully saturated rings. The molecule has 5 heterocycles. The Morgan fingerprint density at radius 3 is 2.70 bits per heavy atom. The van der Waals surface area contributed by atoms with Crippen LogP contribution in [-0.4, -0.2) is 48.9 Å². The van der Waals surface area contributed by atoms with Gasteiger partial charge in [-0.25, -0.2) is 15.0 Å². The smallest absolute Gasteiger partial charge is 0.187 e. The fourth-order valence-electron chi connectivity index (χ4n) is 5.74. The highest BCUT2D eigenvalue weighted by Crippen LogP contribution is 2.44. The molecule has 3 aromatic heterocycles. The highest BCUT2D eigenvalue weighted by Gasteiger charge is 2.49. The number of nitrogens with one attached hydrogen (secondary N) is 1. The molecule has 1 N–H and O–H groups in total. The second kappa shape index (κ2) is 6.95. The van der Waals surface area contributed by atoms with E-state index in [2.05, 4.69) is 47.3 Å². The summed E-state index contributed by atoms with van der Waals surface area (Å²) >= 11 is 1.61. The SMILES string of the molecule is CN(c1nc2cnc(-c3cc(C#N)c4nn(C)cc4c3)nc2s1)C1CC2(C)CCC(C)(C1)N2. The van der Waals surface area contributed by atoms with Crippen molar-refractivity contribution in [2.75, 3.05) is 11.9 Å². The molecule has 2 aliphatic rings. The fraction of sp³-hybridized carbons (Fsp3) is 0.458. The molecule has 2 unspecified atom stereocenters. The van der Waals surface area contributed by atoms with E-state index < -0.39 is 0 Å². The third kappa shape index (κ3) is 3.36. The van der Waals surface area contributed by atoms with E-state index in [9.17, 15) is 5.26 Å². The van der Waals surface area contributed by atoms with Crippen molar-refractivity contribution in [2.24, 2.45) is 7.05 Å². The maximum absolute atomic E-state index is 9.60. The van der Waals surface area contributed by atoms with Gasteiger partial charge in [-0.05, 0) is 51.7 Å². The number of aromatic nitrogens is 5. The lowest BCUT2D eigenvalue weighted by Gasteiger charge is -2.45. The van der Waals surface area contributed by atoms with Gasteiger partial charge in [0.1, 0.15) is 21.9 Å². The van der Waals surface area contributed by atoms with Gasteiger partial charge in [-0.3, -0.25) is 4.68 Å². The Balaban J connectivity index is 1.34. The Morgan fingerprint density at radius 2 is 1.97 bits per heavy atom. The van der Waals surface area contributed by atoms with E-state index in [1.165, 1.54) is 12.8 Å². The van der Waals surface area contributed by atoms with Gasteiger partial charge in [-0.15, -0.1) is 0 Å². The van der Waals surface area contributed by atoms with Gasteiger partial charge in [0.15, 0.2) is 11.0 Å². The summed E-state index contributed by atoms with van der Waals surface area (Å²) in [6.45, 7) is 4.70. The van der Waals surface area contributed by atoms with Gasteiger partial charge < -0.3 is 10.2 Å². The standard InChI is InChI=1S/C24H26N8S/c1-23-5-6-24(2,30-23)10-17(9-23)32(4)22-27-18-12-26-20(28-21(18)33-22)14-7-15(11-25)19-16(8-14)13-31(3)29-19/h7-8,12-13,17,30H,5-6,9-10H2,1-4H3. The van der Waals surface area contributed by atoms with Gasteiger partial charge in [-0.2, -0.15) is 10.4 Å². The summed E-state index contributed by atoms with van der Waals surface area (Å²) in [6, 6.07) is 6.51. The van der Waals surface area contributed by atoms with E-state index in [-0.39, 0.29) is 11.1 Å². The average Bonchev–Trinajstić information content (AvgIpc) is 3.43. The number of anilines is 1. The first kappa shape index (κ1) is 20.5. The molecule has 0 radical (unpaired) electrons. The van der Waals surface area contributed by atoms with E-state index in [1.807, 2.05) is 25.4 Å². The number of nitrogens with zero attached hydrogens (tertiary/aromatic N) is 7. The van der Waals surface area contributed by atoms with Crippen molar-refractivity contribution in [3.63, 3.8) is 0 Å². The van der Waals surface area contributed by atoms with Crippen LogP contribution in [0.4, 0.5) is 5.13 Å². The number of rotatable bonds is 3. The molecule has 1 aromatic carbocycles. The zero-order valence-electron chi connectivity index (χ0n) is 19.3. The normalized spacial score (nSPS) is 26.7. The van der Waals surface area contributed by atoms with Crippen LogP contribution in [0.2, 0.25) is 0 Å². The lowest BCUT2D eigenvalue weighted by Crippen LogP contribution is -2.58. The molecule has 2 atom stereocenters. The van der Waals surface area contributed by atoms with Crippen molar-refractivity contribution in [3.8, 4) is 17.5 Å². The molecule has 0 aliphatic carbocycles. The van der Waals surface area contributed by atoms with E-state index >= 15 is 0 Å². The predicted octanol–water partition coefficient (Wildman–Crippen LogP) is 4.01. The molecule has 6 rings (SSSR count). The summed E-state index contributed by atoms with van der Waals surface area (Å²) in [6.07, 6.45) is 8.40. The first-order chi connectivity index (χ1) is 15.7. The Kier molecular flexibility index (Phi) is 4.32. The summed E-state index contributed by atoms with van der Waals surface area (Å²) in [5.41, 5.74) is 3.26. The molecule has 0 spiro atoms. The summed E-state index contributed by atoms with van der Waals surface area (Å²) in [4.78, 5) is 17.5. The Hall–Kier alpha value is -3.09. The second-order valence-corrected chi connectivity index (χ2v) is 11.1. The summed E-state index contributed by atoms with van der Waals surface area (Å²) < 4.78 is 1.72. The fourth-order valence-corrected chi connectivity index (χ4v) is 6.68. The van der Waals surface area contributed by atoms with Crippen LogP contribution >= 0.6 is 11.3 Å². The van der Waals surface area contributed by atoms with Crippen LogP contribution in [-0.2, 0) is 7.05 Å². The summed E-state index contributed by atoms with van der Waals surface area (Å²) in [5, 5.41) is 19.7. The van der Waals surface area contributed by atoms with Gasteiger partial charge in [-0.1, -0.05) is 11.3 Å². The average molecular weight is 459 g/mol. The molecular formula is C24H26N8S. The van der Waals surface area contributed by atoms with Crippen molar-refractivity contribution in [1.82, 2.24) is 30.0 Å². The topological polar surface area (TPSA) is 95.5 Å². The minimum Gasteiger partial charge on any atom is -0.348 e. The van der Waals surface area contributed by atoms with Crippen LogP contribution in [0, 0.1) is 11.3 Å². The summed E-state index contributed by atoms with van der Waals surface area (Å²) in [7, 11) is 4.01. The third-order valence-corrected chi connectivity index (χ3v) is 8.35. The molecule has 8 nitrogen and oxygen atoms in total. The zero-order chi connectivity index (χ0) is 23.0. The molecule has 4 aromatic rings. The highest BCUT2D eigenvalue weighted by atomic mass is 32.1.